The Hall–Kier alpha value is -4.13. The molecule has 10 heteroatoms. The van der Waals surface area contributed by atoms with E-state index >= 15 is 0 Å². The number of hydrogen-bond acceptors (Lipinski definition) is 5. The zero-order valence-electron chi connectivity index (χ0n) is 19.5. The minimum Gasteiger partial charge on any atom is -0.486 e. The maximum Gasteiger partial charge on any atom is 0.329 e. The van der Waals surface area contributed by atoms with E-state index in [1.165, 1.54) is 6.08 Å². The molecule has 0 atom stereocenters. The second-order valence-electron chi connectivity index (χ2n) is 8.16. The van der Waals surface area contributed by atoms with Gasteiger partial charge in [-0.15, -0.1) is 0 Å². The normalized spacial score (nSPS) is 13.9. The van der Waals surface area contributed by atoms with Gasteiger partial charge in [0.25, 0.3) is 5.91 Å². The third-order valence-electron chi connectivity index (χ3n) is 5.44. The molecule has 1 aliphatic heterocycles. The van der Waals surface area contributed by atoms with Gasteiger partial charge in [0, 0.05) is 11.3 Å². The van der Waals surface area contributed by atoms with Crippen molar-refractivity contribution in [3.63, 3.8) is 0 Å². The van der Waals surface area contributed by atoms with Crippen LogP contribution in [0.25, 0.3) is 6.08 Å². The van der Waals surface area contributed by atoms with E-state index in [-0.39, 0.29) is 17.3 Å². The maximum absolute atomic E-state index is 12.8. The lowest BCUT2D eigenvalue weighted by atomic mass is 10.1. The number of halogens is 2. The number of ether oxygens (including phenoxy) is 1. The van der Waals surface area contributed by atoms with Crippen LogP contribution in [0.4, 0.5) is 10.5 Å². The molecule has 186 valence electrons. The predicted molar refractivity (Wildman–Crippen MR) is 143 cm³/mol. The summed E-state index contributed by atoms with van der Waals surface area (Å²) in [6, 6.07) is 18.9. The molecule has 1 fully saturated rings. The lowest BCUT2D eigenvalue weighted by Gasteiger charge is -2.12. The maximum atomic E-state index is 12.8. The van der Waals surface area contributed by atoms with Crippen molar-refractivity contribution < 1.29 is 19.1 Å². The summed E-state index contributed by atoms with van der Waals surface area (Å²) >= 11 is 9.85. The minimum absolute atomic E-state index is 0.00715. The average Bonchev–Trinajstić information content (AvgIpc) is 3.12. The minimum atomic E-state index is -0.698. The molecule has 0 saturated carbocycles. The summed E-state index contributed by atoms with van der Waals surface area (Å²) in [6.45, 7) is 1.63. The van der Waals surface area contributed by atoms with E-state index in [0.29, 0.717) is 32.6 Å². The van der Waals surface area contributed by atoms with Crippen LogP contribution in [0.2, 0.25) is 5.02 Å². The van der Waals surface area contributed by atoms with E-state index in [1.807, 2.05) is 25.1 Å². The van der Waals surface area contributed by atoms with E-state index < -0.39 is 24.4 Å². The topological polar surface area (TPSA) is 112 Å². The van der Waals surface area contributed by atoms with Crippen LogP contribution in [0.5, 0.6) is 5.75 Å². The number of rotatable bonds is 7. The molecule has 0 spiro atoms. The number of urea groups is 1. The summed E-state index contributed by atoms with van der Waals surface area (Å²) in [6.07, 6.45) is 1.46. The summed E-state index contributed by atoms with van der Waals surface area (Å²) < 4.78 is 6.36. The van der Waals surface area contributed by atoms with Crippen LogP contribution in [0, 0.1) is 18.3 Å². The first-order valence-corrected chi connectivity index (χ1v) is 12.2. The fraction of sp³-hybridized carbons (Fsp3) is 0.111. The largest absolute Gasteiger partial charge is 0.486 e. The molecule has 0 bridgehead atoms. The monoisotopic (exact) mass is 578 g/mol. The molecule has 0 aliphatic carbocycles. The Morgan fingerprint density at radius 2 is 1.92 bits per heavy atom. The van der Waals surface area contributed by atoms with Crippen LogP contribution < -0.4 is 15.4 Å². The van der Waals surface area contributed by atoms with Crippen LogP contribution in [0.1, 0.15) is 22.3 Å². The molecule has 1 aliphatic rings. The second-order valence-corrected chi connectivity index (χ2v) is 9.43. The molecule has 37 heavy (non-hydrogen) atoms. The molecule has 3 aromatic rings. The molecule has 4 amide bonds. The van der Waals surface area contributed by atoms with Crippen molar-refractivity contribution in [2.45, 2.75) is 13.5 Å². The summed E-state index contributed by atoms with van der Waals surface area (Å²) in [5, 5.41) is 14.7. The van der Waals surface area contributed by atoms with Gasteiger partial charge in [-0.25, -0.2) is 9.69 Å². The van der Waals surface area contributed by atoms with Gasteiger partial charge >= 0.3 is 6.03 Å². The zero-order valence-corrected chi connectivity index (χ0v) is 21.9. The van der Waals surface area contributed by atoms with Gasteiger partial charge in [0.1, 0.15) is 18.8 Å². The van der Waals surface area contributed by atoms with Crippen LogP contribution >= 0.6 is 27.5 Å². The highest BCUT2D eigenvalue weighted by Crippen LogP contribution is 2.36. The first kappa shape index (κ1) is 25.9. The molecule has 1 heterocycles. The number of aryl methyl sites for hydroxylation is 1. The quantitative estimate of drug-likeness (QED) is 0.288. The van der Waals surface area contributed by atoms with Crippen molar-refractivity contribution >= 4 is 57.1 Å². The van der Waals surface area contributed by atoms with Crippen LogP contribution in [0.3, 0.4) is 0 Å². The molecule has 0 radical (unpaired) electrons. The number of nitrogens with one attached hydrogen (secondary N) is 2. The van der Waals surface area contributed by atoms with Gasteiger partial charge in [-0.3, -0.25) is 9.59 Å². The molecule has 2 N–H and O–H groups in total. The van der Waals surface area contributed by atoms with E-state index in [2.05, 4.69) is 32.6 Å². The first-order valence-electron chi connectivity index (χ1n) is 11.1. The molecule has 4 rings (SSSR count). The fourth-order valence-corrected chi connectivity index (χ4v) is 4.56. The van der Waals surface area contributed by atoms with Gasteiger partial charge in [-0.1, -0.05) is 47.5 Å². The second kappa shape index (κ2) is 11.3. The summed E-state index contributed by atoms with van der Waals surface area (Å²) in [5.41, 5.74) is 3.35. The molecular weight excluding hydrogens is 560 g/mol. The Morgan fingerprint density at radius 1 is 1.19 bits per heavy atom. The molecule has 1 saturated heterocycles. The fourth-order valence-electron chi connectivity index (χ4n) is 3.57. The molecule has 3 aromatic carbocycles. The number of amides is 4. The van der Waals surface area contributed by atoms with Crippen molar-refractivity contribution in [1.82, 2.24) is 10.2 Å². The van der Waals surface area contributed by atoms with Crippen molar-refractivity contribution in [2.24, 2.45) is 0 Å². The highest BCUT2D eigenvalue weighted by atomic mass is 79.9. The van der Waals surface area contributed by atoms with Crippen LogP contribution in [-0.4, -0.2) is 29.3 Å². The van der Waals surface area contributed by atoms with Crippen molar-refractivity contribution in [2.75, 3.05) is 11.9 Å². The van der Waals surface area contributed by atoms with Gasteiger partial charge in [0.2, 0.25) is 5.91 Å². The SMILES string of the molecule is Cc1ccc(NC(=O)CN2C(=O)N/C(=C/c3cc(Cl)c(OCc4ccccc4C#N)c(Br)c3)C2=O)cc1. The Bertz CT molecular complexity index is 1440. The van der Waals surface area contributed by atoms with Crippen molar-refractivity contribution in [1.29, 1.82) is 5.26 Å². The van der Waals surface area contributed by atoms with E-state index in [4.69, 9.17) is 16.3 Å². The summed E-state index contributed by atoms with van der Waals surface area (Å²) in [4.78, 5) is 38.4. The van der Waals surface area contributed by atoms with E-state index in [1.54, 1.807) is 42.5 Å². The number of carbonyl (C=O) groups is 3. The smallest absolute Gasteiger partial charge is 0.329 e. The number of anilines is 1. The summed E-state index contributed by atoms with van der Waals surface area (Å²) in [5.74, 6) is -0.767. The van der Waals surface area contributed by atoms with Crippen LogP contribution in [0.15, 0.2) is 70.8 Å². The molecule has 0 unspecified atom stereocenters. The average molecular weight is 580 g/mol. The Kier molecular flexibility index (Phi) is 7.92. The Labute approximate surface area is 226 Å². The lowest BCUT2D eigenvalue weighted by molar-refractivity contribution is -0.127. The van der Waals surface area contributed by atoms with Crippen molar-refractivity contribution in [3.8, 4) is 11.8 Å². The molecule has 0 aromatic heterocycles. The third kappa shape index (κ3) is 6.17. The number of hydrogen-bond donors (Lipinski definition) is 2. The van der Waals surface area contributed by atoms with Gasteiger partial charge in [-0.2, -0.15) is 5.26 Å². The number of nitrogens with zero attached hydrogens (tertiary/aromatic N) is 2. The Balaban J connectivity index is 1.45. The number of benzene rings is 3. The molecule has 8 nitrogen and oxygen atoms in total. The van der Waals surface area contributed by atoms with Gasteiger partial charge in [-0.05, 0) is 64.8 Å². The first-order chi connectivity index (χ1) is 17.7. The van der Waals surface area contributed by atoms with Gasteiger partial charge in [0.15, 0.2) is 5.75 Å². The third-order valence-corrected chi connectivity index (χ3v) is 6.31. The summed E-state index contributed by atoms with van der Waals surface area (Å²) in [7, 11) is 0. The van der Waals surface area contributed by atoms with E-state index in [0.717, 1.165) is 10.5 Å². The van der Waals surface area contributed by atoms with E-state index in [9.17, 15) is 19.6 Å². The van der Waals surface area contributed by atoms with Gasteiger partial charge < -0.3 is 15.4 Å². The molecular formula is C27H20BrClN4O4. The van der Waals surface area contributed by atoms with Crippen LogP contribution in [-0.2, 0) is 16.2 Å². The van der Waals surface area contributed by atoms with Crippen molar-refractivity contribution in [3.05, 3.63) is 98.1 Å². The predicted octanol–water partition coefficient (Wildman–Crippen LogP) is 5.39. The zero-order chi connectivity index (χ0) is 26.5. The lowest BCUT2D eigenvalue weighted by Crippen LogP contribution is -2.38. The Morgan fingerprint density at radius 3 is 2.62 bits per heavy atom. The number of carbonyl (C=O) groups excluding carboxylic acids is 3. The highest BCUT2D eigenvalue weighted by Gasteiger charge is 2.35. The number of nitriles is 1. The highest BCUT2D eigenvalue weighted by molar-refractivity contribution is 9.10. The van der Waals surface area contributed by atoms with Gasteiger partial charge in [0.05, 0.1) is 21.1 Å². The standard InChI is InChI=1S/C27H20BrClN4O4/c1-16-6-8-20(9-7-16)31-24(34)14-33-26(35)23(32-27(33)36)12-17-10-21(28)25(22(29)11-17)37-15-19-5-3-2-4-18(19)13-30/h2-12H,14-15H2,1H3,(H,31,34)(H,32,36)/b23-12+. The number of imide groups is 1.